The van der Waals surface area contributed by atoms with Gasteiger partial charge in [0.2, 0.25) is 0 Å². The summed E-state index contributed by atoms with van der Waals surface area (Å²) < 4.78 is 10.3. The molecule has 0 atom stereocenters. The molecule has 10 nitrogen and oxygen atoms in total. The summed E-state index contributed by atoms with van der Waals surface area (Å²) in [7, 11) is 4.70. The summed E-state index contributed by atoms with van der Waals surface area (Å²) in [6.45, 7) is 6.95. The highest BCUT2D eigenvalue weighted by Crippen LogP contribution is 2.24. The Labute approximate surface area is 213 Å². The SMILES string of the molecule is COC(CN(C)C(=O)c1ccc(C(=O)N2CCN(c3ncccc3NC(C)C)CC2)nc1)OC.Cl. The molecule has 1 fully saturated rings. The van der Waals surface area contributed by atoms with Crippen LogP contribution >= 0.6 is 12.4 Å². The van der Waals surface area contributed by atoms with E-state index in [4.69, 9.17) is 9.47 Å². The highest BCUT2D eigenvalue weighted by atomic mass is 35.5. The number of carbonyl (C=O) groups excluding carboxylic acids is 2. The maximum atomic E-state index is 13.0. The largest absolute Gasteiger partial charge is 0.380 e. The number of anilines is 2. The number of nitrogens with one attached hydrogen (secondary N) is 1. The zero-order valence-corrected chi connectivity index (χ0v) is 21.7. The van der Waals surface area contributed by atoms with Crippen molar-refractivity contribution >= 4 is 35.7 Å². The van der Waals surface area contributed by atoms with E-state index in [1.54, 1.807) is 30.3 Å². The third-order valence-electron chi connectivity index (χ3n) is 5.62. The fourth-order valence-corrected chi connectivity index (χ4v) is 3.78. The number of aromatic nitrogens is 2. The maximum absolute atomic E-state index is 13.0. The number of nitrogens with zero attached hydrogens (tertiary/aromatic N) is 5. The summed E-state index contributed by atoms with van der Waals surface area (Å²) in [6.07, 6.45) is 2.71. The average Bonchev–Trinajstić information content (AvgIpc) is 2.86. The van der Waals surface area contributed by atoms with Crippen LogP contribution in [0.25, 0.3) is 0 Å². The van der Waals surface area contributed by atoms with Crippen molar-refractivity contribution in [3.05, 3.63) is 47.9 Å². The van der Waals surface area contributed by atoms with Crippen LogP contribution in [-0.2, 0) is 9.47 Å². The van der Waals surface area contributed by atoms with Crippen LogP contribution in [0.3, 0.4) is 0 Å². The molecule has 35 heavy (non-hydrogen) atoms. The number of carbonyl (C=O) groups is 2. The van der Waals surface area contributed by atoms with Crippen LogP contribution in [0.4, 0.5) is 11.5 Å². The number of amides is 2. The second-order valence-corrected chi connectivity index (χ2v) is 8.47. The quantitative estimate of drug-likeness (QED) is 0.517. The molecule has 0 aliphatic carbocycles. The number of hydrogen-bond donors (Lipinski definition) is 1. The van der Waals surface area contributed by atoms with Crippen LogP contribution in [-0.4, -0.2) is 97.9 Å². The number of ether oxygens (including phenoxy) is 2. The van der Waals surface area contributed by atoms with Crippen LogP contribution in [0.5, 0.6) is 0 Å². The van der Waals surface area contributed by atoms with Gasteiger partial charge in [-0.3, -0.25) is 14.6 Å². The normalized spacial score (nSPS) is 13.6. The molecule has 0 saturated carbocycles. The van der Waals surface area contributed by atoms with Gasteiger partial charge >= 0.3 is 0 Å². The molecule has 2 amide bonds. The molecule has 1 aliphatic rings. The Morgan fingerprint density at radius 1 is 1.09 bits per heavy atom. The minimum atomic E-state index is -0.509. The molecule has 0 bridgehead atoms. The van der Waals surface area contributed by atoms with Crippen molar-refractivity contribution < 1.29 is 19.1 Å². The third kappa shape index (κ3) is 7.27. The zero-order chi connectivity index (χ0) is 24.7. The van der Waals surface area contributed by atoms with Gasteiger partial charge in [-0.15, -0.1) is 12.4 Å². The Balaban J connectivity index is 0.00000432. The molecule has 0 aromatic carbocycles. The number of hydrogen-bond acceptors (Lipinski definition) is 8. The van der Waals surface area contributed by atoms with E-state index in [0.717, 1.165) is 11.5 Å². The number of rotatable bonds is 9. The smallest absolute Gasteiger partial charge is 0.272 e. The van der Waals surface area contributed by atoms with Crippen LogP contribution in [0.15, 0.2) is 36.7 Å². The summed E-state index contributed by atoms with van der Waals surface area (Å²) in [4.78, 5) is 39.9. The number of piperazine rings is 1. The number of methoxy groups -OCH3 is 2. The Hall–Kier alpha value is -2.95. The molecular formula is C24H35ClN6O4. The minimum Gasteiger partial charge on any atom is -0.380 e. The van der Waals surface area contributed by atoms with Gasteiger partial charge in [0.1, 0.15) is 5.69 Å². The van der Waals surface area contributed by atoms with E-state index in [0.29, 0.717) is 43.5 Å². The molecular weight excluding hydrogens is 472 g/mol. The lowest BCUT2D eigenvalue weighted by molar-refractivity contribution is -0.110. The van der Waals surface area contributed by atoms with Gasteiger partial charge in [0.05, 0.1) is 17.8 Å². The van der Waals surface area contributed by atoms with Crippen LogP contribution in [0.1, 0.15) is 34.7 Å². The van der Waals surface area contributed by atoms with Crippen molar-refractivity contribution in [1.29, 1.82) is 0 Å². The first-order chi connectivity index (χ1) is 16.3. The minimum absolute atomic E-state index is 0. The molecule has 1 N–H and O–H groups in total. The molecule has 0 spiro atoms. The molecule has 2 aromatic rings. The summed E-state index contributed by atoms with van der Waals surface area (Å²) in [6, 6.07) is 7.46. The standard InChI is InChI=1S/C24H34N6O4.ClH/c1-17(2)27-19-7-6-10-25-22(19)29-11-13-30(14-12-29)24(32)20-9-8-18(15-26-20)23(31)28(3)16-21(33-4)34-5;/h6-10,15,17,21,27H,11-14,16H2,1-5H3;1H. The van der Waals surface area contributed by atoms with Crippen LogP contribution in [0, 0.1) is 0 Å². The van der Waals surface area contributed by atoms with Crippen molar-refractivity contribution in [2.45, 2.75) is 26.2 Å². The Bertz CT molecular complexity index is 963. The van der Waals surface area contributed by atoms with E-state index in [1.807, 2.05) is 12.1 Å². The molecule has 0 radical (unpaired) electrons. The molecule has 1 aliphatic heterocycles. The maximum Gasteiger partial charge on any atom is 0.272 e. The summed E-state index contributed by atoms with van der Waals surface area (Å²) in [5.41, 5.74) is 1.71. The number of likely N-dealkylation sites (N-methyl/N-ethyl adjacent to an activating group) is 1. The van der Waals surface area contributed by atoms with Gasteiger partial charge in [0, 0.05) is 65.9 Å². The first-order valence-corrected chi connectivity index (χ1v) is 11.4. The summed E-state index contributed by atoms with van der Waals surface area (Å²) >= 11 is 0. The predicted molar refractivity (Wildman–Crippen MR) is 137 cm³/mol. The predicted octanol–water partition coefficient (Wildman–Crippen LogP) is 2.37. The van der Waals surface area contributed by atoms with Crippen molar-refractivity contribution in [1.82, 2.24) is 19.8 Å². The van der Waals surface area contributed by atoms with Gasteiger partial charge < -0.3 is 29.5 Å². The number of halogens is 1. The van der Waals surface area contributed by atoms with Gasteiger partial charge in [-0.1, -0.05) is 0 Å². The molecule has 3 rings (SSSR count). The van der Waals surface area contributed by atoms with Gasteiger partial charge in [0.25, 0.3) is 11.8 Å². The Kier molecular flexibility index (Phi) is 10.7. The molecule has 1 saturated heterocycles. The fraction of sp³-hybridized carbons (Fsp3) is 0.500. The van der Waals surface area contributed by atoms with E-state index in [-0.39, 0.29) is 30.8 Å². The van der Waals surface area contributed by atoms with Crippen molar-refractivity contribution in [2.24, 2.45) is 0 Å². The Morgan fingerprint density at radius 3 is 2.34 bits per heavy atom. The number of pyridine rings is 2. The van der Waals surface area contributed by atoms with Crippen molar-refractivity contribution in [2.75, 3.05) is 64.2 Å². The first kappa shape index (κ1) is 28.3. The summed E-state index contributed by atoms with van der Waals surface area (Å²) in [5, 5.41) is 3.43. The molecule has 11 heteroatoms. The van der Waals surface area contributed by atoms with Gasteiger partial charge in [0.15, 0.2) is 12.1 Å². The Morgan fingerprint density at radius 2 is 1.77 bits per heavy atom. The van der Waals surface area contributed by atoms with Crippen molar-refractivity contribution in [3.8, 4) is 0 Å². The average molecular weight is 507 g/mol. The topological polar surface area (TPSA) is 100 Å². The zero-order valence-electron chi connectivity index (χ0n) is 20.9. The van der Waals surface area contributed by atoms with Crippen molar-refractivity contribution in [3.63, 3.8) is 0 Å². The molecule has 0 unspecified atom stereocenters. The van der Waals surface area contributed by atoms with Gasteiger partial charge in [-0.25, -0.2) is 4.98 Å². The molecule has 3 heterocycles. The van der Waals surface area contributed by atoms with E-state index in [1.165, 1.54) is 25.3 Å². The second-order valence-electron chi connectivity index (χ2n) is 8.47. The van der Waals surface area contributed by atoms with E-state index in [9.17, 15) is 9.59 Å². The fourth-order valence-electron chi connectivity index (χ4n) is 3.78. The third-order valence-corrected chi connectivity index (χ3v) is 5.62. The first-order valence-electron chi connectivity index (χ1n) is 11.4. The monoisotopic (exact) mass is 506 g/mol. The molecule has 192 valence electrons. The van der Waals surface area contributed by atoms with E-state index < -0.39 is 6.29 Å². The lowest BCUT2D eigenvalue weighted by atomic mass is 10.2. The van der Waals surface area contributed by atoms with Crippen LogP contribution in [0.2, 0.25) is 0 Å². The lowest BCUT2D eigenvalue weighted by Gasteiger charge is -2.36. The highest BCUT2D eigenvalue weighted by Gasteiger charge is 2.25. The summed E-state index contributed by atoms with van der Waals surface area (Å²) in [5.74, 6) is 0.533. The second kappa shape index (κ2) is 13.2. The van der Waals surface area contributed by atoms with E-state index >= 15 is 0 Å². The van der Waals surface area contributed by atoms with Gasteiger partial charge in [-0.05, 0) is 38.1 Å². The van der Waals surface area contributed by atoms with Crippen LogP contribution < -0.4 is 10.2 Å². The highest BCUT2D eigenvalue weighted by molar-refractivity contribution is 5.96. The lowest BCUT2D eigenvalue weighted by Crippen LogP contribution is -2.49. The van der Waals surface area contributed by atoms with Gasteiger partial charge in [-0.2, -0.15) is 0 Å². The molecule has 2 aromatic heterocycles. The van der Waals surface area contributed by atoms with E-state index in [2.05, 4.69) is 34.0 Å².